The number of imide groups is 3. The second-order valence-corrected chi connectivity index (χ2v) is 40.1. The van der Waals surface area contributed by atoms with Gasteiger partial charge in [-0.1, -0.05) is 91.3 Å². The van der Waals surface area contributed by atoms with Crippen LogP contribution >= 0.6 is 0 Å². The van der Waals surface area contributed by atoms with E-state index in [-0.39, 0.29) is 35.4 Å². The summed E-state index contributed by atoms with van der Waals surface area (Å²) in [6, 6.07) is 31.2. The summed E-state index contributed by atoms with van der Waals surface area (Å²) in [7, 11) is 10.6. The van der Waals surface area contributed by atoms with Crippen molar-refractivity contribution >= 4 is 139 Å². The molecule has 0 aliphatic carbocycles. The van der Waals surface area contributed by atoms with E-state index in [0.717, 1.165) is 177 Å². The minimum atomic E-state index is -2.68. The molecule has 3 aliphatic rings. The van der Waals surface area contributed by atoms with Crippen molar-refractivity contribution in [3.63, 3.8) is 0 Å². The van der Waals surface area contributed by atoms with Crippen molar-refractivity contribution in [1.82, 2.24) is 14.7 Å². The molecule has 37 nitrogen and oxygen atoms in total. The first kappa shape index (κ1) is 134. The van der Waals surface area contributed by atoms with Crippen molar-refractivity contribution < 1.29 is 146 Å². The molecular formula is C88H156N6O31Si6. The minimum Gasteiger partial charge on any atom is -0.400 e. The van der Waals surface area contributed by atoms with Crippen LogP contribution in [0.4, 0.5) is 17.1 Å². The number of anilines is 3. The predicted molar refractivity (Wildman–Crippen MR) is 518 cm³/mol. The second-order valence-electron chi connectivity index (χ2n) is 27.7. The molecule has 0 saturated heterocycles. The van der Waals surface area contributed by atoms with Crippen LogP contribution in [0.5, 0.6) is 0 Å². The van der Waals surface area contributed by atoms with Crippen LogP contribution in [0.2, 0.25) is 24.2 Å². The molecule has 131 heavy (non-hydrogen) atoms. The van der Waals surface area contributed by atoms with Crippen LogP contribution in [0.15, 0.2) is 91.0 Å². The van der Waals surface area contributed by atoms with Gasteiger partial charge in [0.25, 0.3) is 35.4 Å². The average molecular weight is 1960 g/mol. The van der Waals surface area contributed by atoms with Gasteiger partial charge in [-0.3, -0.25) is 61.3 Å². The molecule has 0 spiro atoms. The van der Waals surface area contributed by atoms with E-state index in [9.17, 15) is 28.8 Å². The summed E-state index contributed by atoms with van der Waals surface area (Å²) < 4.78 is 99.9. The summed E-state index contributed by atoms with van der Waals surface area (Å²) in [4.78, 5) is 82.7. The van der Waals surface area contributed by atoms with Crippen molar-refractivity contribution in [3.8, 4) is 0 Å². The molecule has 0 saturated carbocycles. The maximum Gasteiger partial charge on any atom is 0.549 e. The molecule has 6 aromatic carbocycles. The zero-order valence-corrected chi connectivity index (χ0v) is 88.6. The Morgan fingerprint density at radius 3 is 0.672 bits per heavy atom. The monoisotopic (exact) mass is 1960 g/mol. The number of hydrogen-bond acceptors (Lipinski definition) is 34. The lowest BCUT2D eigenvalue weighted by Gasteiger charge is -2.29. The number of carbonyl (C=O) groups excluding carboxylic acids is 6. The normalized spacial score (nSPS) is 11.8. The van der Waals surface area contributed by atoms with Gasteiger partial charge in [-0.05, 0) is 138 Å². The maximum absolute atomic E-state index is 13.1. The second kappa shape index (κ2) is 79.9. The highest BCUT2D eigenvalue weighted by Gasteiger charge is 2.42. The number of carbonyl (C=O) groups is 6. The molecule has 0 radical (unpaired) electrons. The standard InChI is InChI=1S/C26H38N2O5Si.2C23H32N2O5Si.C7H18O3Si.9CH4O.2O2Si/c1-6-31-34(32-7-2,33-8-3)18-10-16-27-23-14-13-22-24-20(23)11-9-12-21(24)25(29)28(26(22)30)17-15-19(4)5;2*1-16(2)12-14-25-22(26)18-9-6-8-17-20(11-10-19(21(17)18)23(25)27)24-13-7-15-31(28-3,29-4)30-5;1-5-6-7-11(8-2,9-3)10-4;9*1-2;2*1-3-2/h9,11-14,19,27H,6-8,10,15-18H2,1-5H3;2*6,8-11,16,24H,7,12-15H2,1-5H3;5-7H2,1-4H3;9*2H,1H3;;. The summed E-state index contributed by atoms with van der Waals surface area (Å²) in [5, 5.41) is 78.2. The van der Waals surface area contributed by atoms with E-state index < -0.39 is 53.8 Å². The molecule has 43 heteroatoms. The highest BCUT2D eigenvalue weighted by atomic mass is 28.4. The summed E-state index contributed by atoms with van der Waals surface area (Å²) >= 11 is 0. The number of hydrogen-bond donors (Lipinski definition) is 12. The number of amides is 6. The van der Waals surface area contributed by atoms with Crippen LogP contribution in [-0.4, -0.2) is 337 Å². The van der Waals surface area contributed by atoms with Crippen LogP contribution in [-0.2, 0) is 71.0 Å². The fourth-order valence-electron chi connectivity index (χ4n) is 13.3. The lowest BCUT2D eigenvalue weighted by molar-refractivity contribution is 0.0588. The number of aliphatic hydroxyl groups excluding tert-OH is 9. The van der Waals surface area contributed by atoms with E-state index in [4.69, 9.17) is 117 Å². The van der Waals surface area contributed by atoms with Gasteiger partial charge in [0, 0.05) is 294 Å². The van der Waals surface area contributed by atoms with Crippen molar-refractivity contribution in [2.24, 2.45) is 17.8 Å². The Kier molecular flexibility index (Phi) is 81.9. The summed E-state index contributed by atoms with van der Waals surface area (Å²) in [6.07, 6.45) is 7.02. The highest BCUT2D eigenvalue weighted by molar-refractivity contribution is 6.61. The third-order valence-corrected chi connectivity index (χ3v) is 31.1. The molecule has 0 unspecified atom stereocenters. The molecule has 0 atom stereocenters. The quantitative estimate of drug-likeness (QED) is 0.00962. The molecule has 0 bridgehead atoms. The van der Waals surface area contributed by atoms with Crippen LogP contribution in [0.1, 0.15) is 183 Å². The number of rotatable bonds is 42. The Morgan fingerprint density at radius 2 is 0.489 bits per heavy atom. The van der Waals surface area contributed by atoms with Gasteiger partial charge >= 0.3 is 53.8 Å². The first-order chi connectivity index (χ1) is 63.2. The van der Waals surface area contributed by atoms with E-state index in [1.54, 1.807) is 64.0 Å². The Hall–Kier alpha value is -7.42. The van der Waals surface area contributed by atoms with Crippen LogP contribution in [0, 0.1) is 17.8 Å². The number of aliphatic hydroxyl groups is 9. The van der Waals surface area contributed by atoms with Gasteiger partial charge < -0.3 is 115 Å². The zero-order valence-electron chi connectivity index (χ0n) is 82.6. The lowest BCUT2D eigenvalue weighted by Crippen LogP contribution is -2.46. The topological polar surface area (TPSA) is 509 Å². The summed E-state index contributed by atoms with van der Waals surface area (Å²) in [6.45, 7) is 25.6. The van der Waals surface area contributed by atoms with E-state index in [1.807, 2.05) is 112 Å². The Bertz CT molecular complexity index is 3880. The van der Waals surface area contributed by atoms with Crippen LogP contribution in [0.25, 0.3) is 32.3 Å². The molecule has 6 amide bonds. The third kappa shape index (κ3) is 42.6. The number of nitrogens with one attached hydrogen (secondary N) is 3. The molecule has 9 rings (SSSR count). The SMILES string of the molecule is CCCC[Si](OC)(OC)OC.CCO[Si](CCCNc1ccc2c3c(cccc13)C(=O)N(CCC(C)C)C2=O)(OCC)OCC.CO.CO.CO.CO.CO.CO.CO.CO.CO.CO[Si](CCCNc1ccc2c3c(cccc13)C(=O)N(CCC(C)C)C2=O)(OC)OC.CO[Si](CCCNc1ccc2c3c(cccc13)C(=O)N(CCC(C)C)C2=O)(OC)OC.O=[Si]=O.O=[Si]=O. The molecule has 0 fully saturated rings. The Balaban J connectivity index is -0.000000380. The van der Waals surface area contributed by atoms with Gasteiger partial charge in [0.2, 0.25) is 0 Å². The van der Waals surface area contributed by atoms with Gasteiger partial charge in [-0.25, -0.2) is 0 Å². The predicted octanol–water partition coefficient (Wildman–Crippen LogP) is 10.6. The van der Waals surface area contributed by atoms with Gasteiger partial charge in [-0.15, -0.1) is 0 Å². The van der Waals surface area contributed by atoms with E-state index in [2.05, 4.69) is 64.4 Å². The van der Waals surface area contributed by atoms with Crippen molar-refractivity contribution in [2.45, 2.75) is 145 Å². The molecule has 6 aromatic rings. The van der Waals surface area contributed by atoms with Crippen LogP contribution < -0.4 is 16.0 Å². The van der Waals surface area contributed by atoms with Crippen LogP contribution in [0.3, 0.4) is 0 Å². The van der Waals surface area contributed by atoms with Gasteiger partial charge in [0.05, 0.1) is 0 Å². The fourth-order valence-corrected chi connectivity index (χ4v) is 21.3. The van der Waals surface area contributed by atoms with E-state index in [0.29, 0.717) is 122 Å². The lowest BCUT2D eigenvalue weighted by atomic mass is 9.92. The summed E-state index contributed by atoms with van der Waals surface area (Å²) in [5.74, 6) is -0.00756. The first-order valence-corrected chi connectivity index (χ1v) is 51.9. The number of benzene rings is 6. The van der Waals surface area contributed by atoms with Crippen molar-refractivity contribution in [2.75, 3.05) is 203 Å². The molecule has 0 aromatic heterocycles. The van der Waals surface area contributed by atoms with E-state index in [1.165, 1.54) is 14.7 Å². The van der Waals surface area contributed by atoms with Gasteiger partial charge in [0.15, 0.2) is 0 Å². The fraction of sp³-hybridized carbons (Fsp3) is 0.591. The Morgan fingerprint density at radius 1 is 0.298 bits per heavy atom. The molecule has 748 valence electrons. The highest BCUT2D eigenvalue weighted by Crippen LogP contribution is 2.39. The minimum absolute atomic E-state index is 0.207. The first-order valence-electron chi connectivity index (χ1n) is 42.6. The smallest absolute Gasteiger partial charge is 0.400 e. The molecule has 12 N–H and O–H groups in total. The number of unbranched alkanes of at least 4 members (excludes halogenated alkanes) is 1. The molecule has 3 heterocycles. The van der Waals surface area contributed by atoms with E-state index >= 15 is 0 Å². The van der Waals surface area contributed by atoms with Gasteiger partial charge in [-0.2, -0.15) is 0 Å². The van der Waals surface area contributed by atoms with Gasteiger partial charge in [0.1, 0.15) is 0 Å². The van der Waals surface area contributed by atoms with Crippen molar-refractivity contribution in [3.05, 3.63) is 124 Å². The Labute approximate surface area is 784 Å². The van der Waals surface area contributed by atoms with Crippen molar-refractivity contribution in [1.29, 1.82) is 0 Å². The average Bonchev–Trinajstić information content (AvgIpc) is 0.752. The summed E-state index contributed by atoms with van der Waals surface area (Å²) in [5.41, 5.74) is 6.24. The largest absolute Gasteiger partial charge is 0.549 e. The zero-order chi connectivity index (χ0) is 102. The maximum atomic E-state index is 13.1. The third-order valence-electron chi connectivity index (χ3n) is 19.4. The molecular weight excluding hydrogens is 1810 g/mol. The number of nitrogens with zero attached hydrogens (tertiary/aromatic N) is 3. The molecule has 3 aliphatic heterocycles.